The topological polar surface area (TPSA) is 54.2 Å². The van der Waals surface area contributed by atoms with E-state index in [1.165, 1.54) is 16.8 Å². The molecule has 2 N–H and O–H groups in total. The Morgan fingerprint density at radius 1 is 1.16 bits per heavy atom. The van der Waals surface area contributed by atoms with Gasteiger partial charge in [0, 0.05) is 30.9 Å². The maximum absolute atomic E-state index is 4.71. The van der Waals surface area contributed by atoms with Gasteiger partial charge in [-0.3, -0.25) is 9.67 Å². The molecule has 1 atom stereocenters. The highest BCUT2D eigenvalue weighted by molar-refractivity contribution is 5.79. The summed E-state index contributed by atoms with van der Waals surface area (Å²) in [7, 11) is 1.81. The van der Waals surface area contributed by atoms with E-state index in [4.69, 9.17) is 5.10 Å². The second-order valence-corrected chi connectivity index (χ2v) is 6.90. The molecule has 5 nitrogen and oxygen atoms in total. The van der Waals surface area contributed by atoms with Crippen molar-refractivity contribution < 1.29 is 0 Å². The molecule has 0 fully saturated rings. The lowest BCUT2D eigenvalue weighted by Gasteiger charge is -2.20. The molecule has 0 saturated carbocycles. The van der Waals surface area contributed by atoms with Crippen molar-refractivity contribution in [1.29, 1.82) is 0 Å². The van der Waals surface area contributed by atoms with Gasteiger partial charge in [-0.1, -0.05) is 44.2 Å². The van der Waals surface area contributed by atoms with Gasteiger partial charge in [-0.2, -0.15) is 5.10 Å². The monoisotopic (exact) mass is 341 g/mol. The zero-order valence-electron chi connectivity index (χ0n) is 16.3. The predicted octanol–water partition coefficient (Wildman–Crippen LogP) is 3.26. The average molecular weight is 342 g/mol. The Morgan fingerprint density at radius 2 is 1.84 bits per heavy atom. The highest BCUT2D eigenvalue weighted by Gasteiger charge is 2.13. The van der Waals surface area contributed by atoms with Gasteiger partial charge in [-0.15, -0.1) is 0 Å². The molecule has 136 valence electrons. The first-order chi connectivity index (χ1) is 11.9. The SMILES string of the molecule is CN=C(NCc1c(C)nn(Cc2ccccc2)c1C)NC(C)C(C)C. The molecule has 0 radical (unpaired) electrons. The fourth-order valence-electron chi connectivity index (χ4n) is 2.65. The second-order valence-electron chi connectivity index (χ2n) is 6.90. The lowest BCUT2D eigenvalue weighted by atomic mass is 10.1. The van der Waals surface area contributed by atoms with Crippen LogP contribution < -0.4 is 10.6 Å². The number of aliphatic imine (C=N–C) groups is 1. The second kappa shape index (κ2) is 8.70. The Balaban J connectivity index is 2.05. The van der Waals surface area contributed by atoms with E-state index < -0.39 is 0 Å². The van der Waals surface area contributed by atoms with E-state index in [-0.39, 0.29) is 0 Å². The van der Waals surface area contributed by atoms with E-state index in [0.717, 1.165) is 24.7 Å². The molecule has 5 heteroatoms. The summed E-state index contributed by atoms with van der Waals surface area (Å²) in [5.74, 6) is 1.38. The Labute approximate surface area is 151 Å². The van der Waals surface area contributed by atoms with E-state index in [1.54, 1.807) is 7.05 Å². The minimum absolute atomic E-state index is 0.370. The third-order valence-electron chi connectivity index (χ3n) is 4.73. The molecule has 0 spiro atoms. The molecule has 1 heterocycles. The summed E-state index contributed by atoms with van der Waals surface area (Å²) in [6, 6.07) is 10.8. The first kappa shape index (κ1) is 19.0. The van der Waals surface area contributed by atoms with E-state index in [2.05, 4.69) is 79.2 Å². The van der Waals surface area contributed by atoms with Gasteiger partial charge in [0.15, 0.2) is 5.96 Å². The molecule has 0 amide bonds. The summed E-state index contributed by atoms with van der Waals surface area (Å²) in [4.78, 5) is 4.33. The molecule has 1 unspecified atom stereocenters. The molecule has 0 aliphatic carbocycles. The molecule has 25 heavy (non-hydrogen) atoms. The Kier molecular flexibility index (Phi) is 6.62. The van der Waals surface area contributed by atoms with Crippen LogP contribution in [0.2, 0.25) is 0 Å². The van der Waals surface area contributed by atoms with E-state index >= 15 is 0 Å². The number of hydrogen-bond acceptors (Lipinski definition) is 2. The van der Waals surface area contributed by atoms with Gasteiger partial charge in [-0.25, -0.2) is 0 Å². The summed E-state index contributed by atoms with van der Waals surface area (Å²) in [6.07, 6.45) is 0. The van der Waals surface area contributed by atoms with Crippen LogP contribution in [-0.4, -0.2) is 28.8 Å². The lowest BCUT2D eigenvalue weighted by Crippen LogP contribution is -2.44. The van der Waals surface area contributed by atoms with Crippen molar-refractivity contribution in [3.8, 4) is 0 Å². The van der Waals surface area contributed by atoms with Crippen molar-refractivity contribution in [2.45, 2.75) is 53.8 Å². The molecule has 2 rings (SSSR count). The van der Waals surface area contributed by atoms with Crippen molar-refractivity contribution in [3.63, 3.8) is 0 Å². The fourth-order valence-corrected chi connectivity index (χ4v) is 2.65. The maximum Gasteiger partial charge on any atom is 0.191 e. The molecular formula is C20H31N5. The molecule has 2 aromatic rings. The van der Waals surface area contributed by atoms with Crippen LogP contribution in [0.25, 0.3) is 0 Å². The summed E-state index contributed by atoms with van der Waals surface area (Å²) in [6.45, 7) is 12.3. The number of aromatic nitrogens is 2. The van der Waals surface area contributed by atoms with Crippen LogP contribution in [0.3, 0.4) is 0 Å². The van der Waals surface area contributed by atoms with Gasteiger partial charge >= 0.3 is 0 Å². The summed E-state index contributed by atoms with van der Waals surface area (Å²) < 4.78 is 2.08. The van der Waals surface area contributed by atoms with Crippen molar-refractivity contribution in [3.05, 3.63) is 52.8 Å². The van der Waals surface area contributed by atoms with Gasteiger partial charge in [0.05, 0.1) is 12.2 Å². The fraction of sp³-hybridized carbons (Fsp3) is 0.500. The average Bonchev–Trinajstić information content (AvgIpc) is 2.85. The minimum atomic E-state index is 0.370. The minimum Gasteiger partial charge on any atom is -0.354 e. The van der Waals surface area contributed by atoms with Gasteiger partial charge in [0.1, 0.15) is 0 Å². The summed E-state index contributed by atoms with van der Waals surface area (Å²) in [5.41, 5.74) is 4.75. The van der Waals surface area contributed by atoms with Crippen LogP contribution in [0, 0.1) is 19.8 Å². The Morgan fingerprint density at radius 3 is 2.44 bits per heavy atom. The number of benzene rings is 1. The van der Waals surface area contributed by atoms with Crippen molar-refractivity contribution >= 4 is 5.96 Å². The smallest absolute Gasteiger partial charge is 0.191 e. The standard InChI is InChI=1S/C20H31N5/c1-14(2)15(3)23-20(21-6)22-12-19-16(4)24-25(17(19)5)13-18-10-8-7-9-11-18/h7-11,14-15H,12-13H2,1-6H3,(H2,21,22,23). The van der Waals surface area contributed by atoms with Crippen LogP contribution >= 0.6 is 0 Å². The predicted molar refractivity (Wildman–Crippen MR) is 105 cm³/mol. The van der Waals surface area contributed by atoms with Crippen molar-refractivity contribution in [1.82, 2.24) is 20.4 Å². The number of hydrogen-bond donors (Lipinski definition) is 2. The summed E-state index contributed by atoms with van der Waals surface area (Å²) >= 11 is 0. The summed E-state index contributed by atoms with van der Waals surface area (Å²) in [5, 5.41) is 11.6. The number of rotatable bonds is 6. The van der Waals surface area contributed by atoms with E-state index in [9.17, 15) is 0 Å². The maximum atomic E-state index is 4.71. The molecule has 0 aliphatic heterocycles. The first-order valence-corrected chi connectivity index (χ1v) is 8.96. The highest BCUT2D eigenvalue weighted by atomic mass is 15.3. The number of aryl methyl sites for hydroxylation is 1. The first-order valence-electron chi connectivity index (χ1n) is 8.96. The van der Waals surface area contributed by atoms with Gasteiger partial charge in [0.2, 0.25) is 0 Å². The Hall–Kier alpha value is -2.30. The molecular weight excluding hydrogens is 310 g/mol. The van der Waals surface area contributed by atoms with Crippen molar-refractivity contribution in [2.24, 2.45) is 10.9 Å². The number of nitrogens with zero attached hydrogens (tertiary/aromatic N) is 3. The van der Waals surface area contributed by atoms with Crippen LogP contribution in [0.5, 0.6) is 0 Å². The molecule has 0 aliphatic rings. The van der Waals surface area contributed by atoms with E-state index in [0.29, 0.717) is 12.0 Å². The Bertz CT molecular complexity index is 700. The molecule has 0 bridgehead atoms. The lowest BCUT2D eigenvalue weighted by molar-refractivity contribution is 0.481. The van der Waals surface area contributed by atoms with Gasteiger partial charge < -0.3 is 10.6 Å². The molecule has 1 aromatic carbocycles. The van der Waals surface area contributed by atoms with Crippen molar-refractivity contribution in [2.75, 3.05) is 7.05 Å². The van der Waals surface area contributed by atoms with E-state index in [1.807, 2.05) is 6.07 Å². The molecule has 0 saturated heterocycles. The third kappa shape index (κ3) is 5.08. The van der Waals surface area contributed by atoms with Gasteiger partial charge in [0.25, 0.3) is 0 Å². The van der Waals surface area contributed by atoms with Crippen LogP contribution in [-0.2, 0) is 13.1 Å². The quantitative estimate of drug-likeness (QED) is 0.626. The number of guanidine groups is 1. The number of nitrogens with one attached hydrogen (secondary N) is 2. The van der Waals surface area contributed by atoms with Crippen LogP contribution in [0.4, 0.5) is 0 Å². The third-order valence-corrected chi connectivity index (χ3v) is 4.73. The zero-order chi connectivity index (χ0) is 18.4. The zero-order valence-corrected chi connectivity index (χ0v) is 16.3. The normalized spacial score (nSPS) is 13.2. The largest absolute Gasteiger partial charge is 0.354 e. The van der Waals surface area contributed by atoms with Gasteiger partial charge in [-0.05, 0) is 32.3 Å². The molecule has 1 aromatic heterocycles. The van der Waals surface area contributed by atoms with Crippen LogP contribution in [0.1, 0.15) is 43.3 Å². The van der Waals surface area contributed by atoms with Crippen LogP contribution in [0.15, 0.2) is 35.3 Å². The highest BCUT2D eigenvalue weighted by Crippen LogP contribution is 2.14.